The lowest BCUT2D eigenvalue weighted by atomic mass is 9.92. The molecule has 0 aliphatic rings. The zero-order chi connectivity index (χ0) is 11.7. The quantitative estimate of drug-likeness (QED) is 0.635. The van der Waals surface area contributed by atoms with Gasteiger partial charge in [-0.1, -0.05) is 40.5 Å². The highest BCUT2D eigenvalue weighted by atomic mass is 15.1. The molecule has 0 aromatic carbocycles. The van der Waals surface area contributed by atoms with E-state index in [1.807, 2.05) is 0 Å². The third kappa shape index (κ3) is 5.53. The van der Waals surface area contributed by atoms with Gasteiger partial charge in [-0.15, -0.1) is 0 Å². The van der Waals surface area contributed by atoms with Gasteiger partial charge in [0.25, 0.3) is 0 Å². The van der Waals surface area contributed by atoms with Gasteiger partial charge in [-0.25, -0.2) is 0 Å². The third-order valence-electron chi connectivity index (χ3n) is 3.64. The van der Waals surface area contributed by atoms with Crippen LogP contribution in [0.5, 0.6) is 0 Å². The van der Waals surface area contributed by atoms with E-state index >= 15 is 0 Å². The van der Waals surface area contributed by atoms with Crippen molar-refractivity contribution in [2.75, 3.05) is 26.7 Å². The summed E-state index contributed by atoms with van der Waals surface area (Å²) in [5.74, 6) is 0.838. The number of nitrogens with one attached hydrogen (secondary N) is 1. The van der Waals surface area contributed by atoms with Gasteiger partial charge in [0, 0.05) is 6.04 Å². The van der Waals surface area contributed by atoms with Crippen LogP contribution in [0.3, 0.4) is 0 Å². The second-order valence-electron chi connectivity index (χ2n) is 4.29. The second kappa shape index (κ2) is 9.17. The van der Waals surface area contributed by atoms with Gasteiger partial charge in [0.2, 0.25) is 0 Å². The van der Waals surface area contributed by atoms with Gasteiger partial charge in [0.05, 0.1) is 0 Å². The van der Waals surface area contributed by atoms with Crippen LogP contribution >= 0.6 is 0 Å². The van der Waals surface area contributed by atoms with Crippen molar-refractivity contribution in [1.29, 1.82) is 0 Å². The van der Waals surface area contributed by atoms with Gasteiger partial charge in [0.15, 0.2) is 0 Å². The van der Waals surface area contributed by atoms with E-state index in [0.717, 1.165) is 5.92 Å². The molecule has 0 spiro atoms. The van der Waals surface area contributed by atoms with E-state index in [9.17, 15) is 0 Å². The summed E-state index contributed by atoms with van der Waals surface area (Å²) in [5, 5.41) is 3.48. The normalized spacial score (nSPS) is 13.8. The number of rotatable bonds is 9. The number of hydrogen-bond acceptors (Lipinski definition) is 2. The zero-order valence-corrected chi connectivity index (χ0v) is 11.3. The summed E-state index contributed by atoms with van der Waals surface area (Å²) in [6.07, 6.45) is 3.87. The van der Waals surface area contributed by atoms with Gasteiger partial charge < -0.3 is 10.2 Å². The summed E-state index contributed by atoms with van der Waals surface area (Å²) in [6, 6.07) is 0.695. The van der Waals surface area contributed by atoms with Crippen LogP contribution in [0.4, 0.5) is 0 Å². The molecule has 0 aliphatic carbocycles. The Bertz CT molecular complexity index is 128. The van der Waals surface area contributed by atoms with Crippen LogP contribution in [0.15, 0.2) is 0 Å². The average molecular weight is 214 g/mol. The minimum Gasteiger partial charge on any atom is -0.317 e. The molecule has 1 atom stereocenters. The molecule has 0 heterocycles. The lowest BCUT2D eigenvalue weighted by Crippen LogP contribution is -2.37. The van der Waals surface area contributed by atoms with Crippen LogP contribution in [0.2, 0.25) is 0 Å². The largest absolute Gasteiger partial charge is 0.317 e. The molecule has 0 saturated heterocycles. The molecular formula is C13H30N2. The Hall–Kier alpha value is -0.0800. The first-order chi connectivity index (χ1) is 7.23. The summed E-state index contributed by atoms with van der Waals surface area (Å²) < 4.78 is 0. The van der Waals surface area contributed by atoms with Crippen LogP contribution in [-0.2, 0) is 0 Å². The molecule has 92 valence electrons. The molecular weight excluding hydrogens is 184 g/mol. The predicted octanol–water partition coefficient (Wildman–Crippen LogP) is 2.74. The molecule has 15 heavy (non-hydrogen) atoms. The van der Waals surface area contributed by atoms with E-state index < -0.39 is 0 Å². The number of hydrogen-bond donors (Lipinski definition) is 1. The van der Waals surface area contributed by atoms with Gasteiger partial charge in [0.1, 0.15) is 0 Å². The summed E-state index contributed by atoms with van der Waals surface area (Å²) in [6.45, 7) is 12.7. The standard InChI is InChI=1S/C13H30N2/c1-6-12(7-2)13(14-5)10-11-15(8-3)9-4/h12-14H,6-11H2,1-5H3. The van der Waals surface area contributed by atoms with Gasteiger partial charge >= 0.3 is 0 Å². The molecule has 0 bridgehead atoms. The molecule has 0 amide bonds. The summed E-state index contributed by atoms with van der Waals surface area (Å²) in [5.41, 5.74) is 0. The Labute approximate surface area is 96.4 Å². The minimum absolute atomic E-state index is 0.695. The highest BCUT2D eigenvalue weighted by molar-refractivity contribution is 4.74. The molecule has 0 aliphatic heterocycles. The lowest BCUT2D eigenvalue weighted by Gasteiger charge is -2.27. The summed E-state index contributed by atoms with van der Waals surface area (Å²) >= 11 is 0. The van der Waals surface area contributed by atoms with Crippen molar-refractivity contribution in [2.24, 2.45) is 5.92 Å². The maximum absolute atomic E-state index is 3.48. The van der Waals surface area contributed by atoms with Crippen LogP contribution in [0.1, 0.15) is 47.0 Å². The molecule has 0 rings (SSSR count). The van der Waals surface area contributed by atoms with Crippen molar-refractivity contribution < 1.29 is 0 Å². The molecule has 1 unspecified atom stereocenters. The van der Waals surface area contributed by atoms with E-state index in [2.05, 4.69) is 45.0 Å². The van der Waals surface area contributed by atoms with Crippen LogP contribution in [0.25, 0.3) is 0 Å². The van der Waals surface area contributed by atoms with Crippen LogP contribution < -0.4 is 5.32 Å². The van der Waals surface area contributed by atoms with E-state index in [1.165, 1.54) is 38.9 Å². The smallest absolute Gasteiger partial charge is 0.0104 e. The number of nitrogens with zero attached hydrogens (tertiary/aromatic N) is 1. The summed E-state index contributed by atoms with van der Waals surface area (Å²) in [7, 11) is 2.10. The SMILES string of the molecule is CCC(CC)C(CCN(CC)CC)NC. The summed E-state index contributed by atoms with van der Waals surface area (Å²) in [4.78, 5) is 2.51. The Morgan fingerprint density at radius 3 is 1.87 bits per heavy atom. The minimum atomic E-state index is 0.695. The molecule has 2 heteroatoms. The predicted molar refractivity (Wildman–Crippen MR) is 69.3 cm³/mol. The fourth-order valence-corrected chi connectivity index (χ4v) is 2.33. The van der Waals surface area contributed by atoms with Gasteiger partial charge in [-0.3, -0.25) is 0 Å². The monoisotopic (exact) mass is 214 g/mol. The Balaban J connectivity index is 3.97. The fourth-order valence-electron chi connectivity index (χ4n) is 2.33. The van der Waals surface area contributed by atoms with Crippen LogP contribution in [-0.4, -0.2) is 37.6 Å². The average Bonchev–Trinajstić information content (AvgIpc) is 2.29. The van der Waals surface area contributed by atoms with Crippen molar-refractivity contribution in [2.45, 2.75) is 53.0 Å². The highest BCUT2D eigenvalue weighted by Crippen LogP contribution is 2.15. The third-order valence-corrected chi connectivity index (χ3v) is 3.64. The maximum Gasteiger partial charge on any atom is 0.0104 e. The molecule has 0 aromatic rings. The van der Waals surface area contributed by atoms with Crippen molar-refractivity contribution in [3.8, 4) is 0 Å². The molecule has 0 aromatic heterocycles. The van der Waals surface area contributed by atoms with E-state index in [0.29, 0.717) is 6.04 Å². The molecule has 2 nitrogen and oxygen atoms in total. The Morgan fingerprint density at radius 2 is 1.53 bits per heavy atom. The highest BCUT2D eigenvalue weighted by Gasteiger charge is 2.16. The molecule has 1 N–H and O–H groups in total. The molecule has 0 radical (unpaired) electrons. The first kappa shape index (κ1) is 14.9. The van der Waals surface area contributed by atoms with Gasteiger partial charge in [-0.2, -0.15) is 0 Å². The molecule has 0 saturated carbocycles. The maximum atomic E-state index is 3.48. The van der Waals surface area contributed by atoms with E-state index in [-0.39, 0.29) is 0 Å². The van der Waals surface area contributed by atoms with Crippen molar-refractivity contribution >= 4 is 0 Å². The zero-order valence-electron chi connectivity index (χ0n) is 11.3. The first-order valence-electron chi connectivity index (χ1n) is 6.62. The first-order valence-corrected chi connectivity index (χ1v) is 6.62. The van der Waals surface area contributed by atoms with Crippen molar-refractivity contribution in [1.82, 2.24) is 10.2 Å². The topological polar surface area (TPSA) is 15.3 Å². The van der Waals surface area contributed by atoms with Crippen LogP contribution in [0, 0.1) is 5.92 Å². The van der Waals surface area contributed by atoms with E-state index in [1.54, 1.807) is 0 Å². The van der Waals surface area contributed by atoms with Crippen molar-refractivity contribution in [3.63, 3.8) is 0 Å². The van der Waals surface area contributed by atoms with Crippen molar-refractivity contribution in [3.05, 3.63) is 0 Å². The van der Waals surface area contributed by atoms with E-state index in [4.69, 9.17) is 0 Å². The Kier molecular flexibility index (Phi) is 9.12. The fraction of sp³-hybridized carbons (Fsp3) is 1.00. The van der Waals surface area contributed by atoms with Gasteiger partial charge in [-0.05, 0) is 39.0 Å². The second-order valence-corrected chi connectivity index (χ2v) is 4.29. The Morgan fingerprint density at radius 1 is 1.00 bits per heavy atom. The molecule has 0 fully saturated rings. The lowest BCUT2D eigenvalue weighted by molar-refractivity contribution is 0.252.